The number of nitrogens with zero attached hydrogens (tertiary/aromatic N) is 1. The first-order valence-electron chi connectivity index (χ1n) is 10.4. The molecule has 0 spiro atoms. The molecular weight excluding hydrogens is 434 g/mol. The number of hydrogen-bond donors (Lipinski definition) is 1. The van der Waals surface area contributed by atoms with E-state index in [0.29, 0.717) is 12.2 Å². The van der Waals surface area contributed by atoms with Crippen molar-refractivity contribution >= 4 is 21.9 Å². The van der Waals surface area contributed by atoms with Gasteiger partial charge in [0, 0.05) is 13.1 Å². The Balaban J connectivity index is 0.000000491. The summed E-state index contributed by atoms with van der Waals surface area (Å²) in [6.45, 7) is 2.20. The molecule has 1 aliphatic heterocycles. The normalized spacial score (nSPS) is 17.3. The van der Waals surface area contributed by atoms with Crippen molar-refractivity contribution in [3.8, 4) is 11.5 Å². The molecule has 0 saturated carbocycles. The molecule has 0 unspecified atom stereocenters. The van der Waals surface area contributed by atoms with Crippen molar-refractivity contribution in [1.82, 2.24) is 4.90 Å². The highest BCUT2D eigenvalue weighted by molar-refractivity contribution is 7.99. The van der Waals surface area contributed by atoms with Crippen molar-refractivity contribution in [2.75, 3.05) is 39.4 Å². The Morgan fingerprint density at radius 3 is 2.81 bits per heavy atom. The van der Waals surface area contributed by atoms with Crippen molar-refractivity contribution in [1.29, 1.82) is 0 Å². The minimum absolute atomic E-state index is 0.614. The zero-order chi connectivity index (χ0) is 22.4. The molecule has 2 aromatic rings. The molecule has 1 N–H and O–H groups in total. The van der Waals surface area contributed by atoms with E-state index in [0.717, 1.165) is 43.4 Å². The third-order valence-corrected chi connectivity index (χ3v) is 6.43. The topological polar surface area (TPSA) is 76.1 Å². The summed E-state index contributed by atoms with van der Waals surface area (Å²) in [5.74, 6) is 3.47. The van der Waals surface area contributed by atoms with Gasteiger partial charge in [-0.1, -0.05) is 30.0 Å². The first-order valence-corrected chi connectivity index (χ1v) is 13.2. The molecule has 0 saturated heterocycles. The first-order chi connectivity index (χ1) is 14.7. The fraction of sp³-hybridized carbons (Fsp3) is 0.478. The van der Waals surface area contributed by atoms with E-state index in [1.54, 1.807) is 18.9 Å². The van der Waals surface area contributed by atoms with Gasteiger partial charge in [0.1, 0.15) is 17.4 Å². The summed E-state index contributed by atoms with van der Waals surface area (Å²) < 4.78 is 37.0. The van der Waals surface area contributed by atoms with Gasteiger partial charge in [0.25, 0.3) is 10.1 Å². The Hall–Kier alpha value is -1.74. The Morgan fingerprint density at radius 2 is 2.06 bits per heavy atom. The van der Waals surface area contributed by atoms with Crippen LogP contribution >= 0.6 is 11.8 Å². The SMILES string of the molecule is COc1cccc2c1CCC[C@H]2CN(C)CCc1ccc2c(c1)SCO2.CS(=O)(=O)O. The molecule has 0 aromatic heterocycles. The van der Waals surface area contributed by atoms with Crippen LogP contribution in [0.1, 0.15) is 35.4 Å². The monoisotopic (exact) mass is 465 g/mol. The number of likely N-dealkylation sites (N-methyl/N-ethyl adjacent to an activating group) is 1. The van der Waals surface area contributed by atoms with Gasteiger partial charge >= 0.3 is 0 Å². The fourth-order valence-corrected chi connectivity index (χ4v) is 4.99. The van der Waals surface area contributed by atoms with Gasteiger partial charge in [-0.05, 0) is 73.5 Å². The third-order valence-electron chi connectivity index (χ3n) is 5.56. The molecule has 2 aliphatic rings. The standard InChI is InChI=1S/C22H27NO2S.CH4O3S/c1-23(12-11-16-9-10-21-22(13-16)26-15-25-21)14-17-5-3-7-19-18(17)6-4-8-20(19)24-2;1-5(2,3)4/h4,6,8-10,13,17H,3,5,7,11-12,14-15H2,1-2H3;1H3,(H,2,3,4)/t17-;/m0./s1. The molecule has 2 aromatic carbocycles. The lowest BCUT2D eigenvalue weighted by Gasteiger charge is -2.30. The third kappa shape index (κ3) is 7.14. The predicted molar refractivity (Wildman–Crippen MR) is 125 cm³/mol. The zero-order valence-electron chi connectivity index (χ0n) is 18.3. The van der Waals surface area contributed by atoms with Crippen LogP contribution in [0.5, 0.6) is 11.5 Å². The Bertz CT molecular complexity index is 985. The Morgan fingerprint density at radius 1 is 1.29 bits per heavy atom. The molecular formula is C23H31NO5S2. The van der Waals surface area contributed by atoms with Gasteiger partial charge in [-0.3, -0.25) is 4.55 Å². The fourth-order valence-electron chi connectivity index (χ4n) is 4.18. The molecule has 4 rings (SSSR count). The van der Waals surface area contributed by atoms with Crippen LogP contribution in [0.15, 0.2) is 41.3 Å². The van der Waals surface area contributed by atoms with E-state index in [4.69, 9.17) is 14.0 Å². The first kappa shape index (κ1) is 23.9. The van der Waals surface area contributed by atoms with Gasteiger partial charge in [0.05, 0.1) is 18.3 Å². The van der Waals surface area contributed by atoms with E-state index in [1.165, 1.54) is 34.4 Å². The molecule has 0 bridgehead atoms. The molecule has 0 amide bonds. The lowest BCUT2D eigenvalue weighted by atomic mass is 9.82. The van der Waals surface area contributed by atoms with Crippen LogP contribution in [0, 0.1) is 0 Å². The van der Waals surface area contributed by atoms with E-state index in [9.17, 15) is 8.42 Å². The van der Waals surface area contributed by atoms with Crippen LogP contribution in [0.3, 0.4) is 0 Å². The van der Waals surface area contributed by atoms with Gasteiger partial charge in [-0.15, -0.1) is 0 Å². The summed E-state index contributed by atoms with van der Waals surface area (Å²) in [6, 6.07) is 13.2. The number of thioether (sulfide) groups is 1. The summed E-state index contributed by atoms with van der Waals surface area (Å²) in [5.41, 5.74) is 4.32. The van der Waals surface area contributed by atoms with E-state index in [2.05, 4.69) is 48.3 Å². The molecule has 1 heterocycles. The summed E-state index contributed by atoms with van der Waals surface area (Å²) in [6.07, 6.45) is 5.48. The number of methoxy groups -OCH3 is 1. The molecule has 170 valence electrons. The van der Waals surface area contributed by atoms with E-state index >= 15 is 0 Å². The van der Waals surface area contributed by atoms with Crippen LogP contribution in [-0.2, 0) is 23.0 Å². The lowest BCUT2D eigenvalue weighted by molar-refractivity contribution is 0.299. The van der Waals surface area contributed by atoms with Crippen molar-refractivity contribution in [2.24, 2.45) is 0 Å². The van der Waals surface area contributed by atoms with Gasteiger partial charge < -0.3 is 14.4 Å². The lowest BCUT2D eigenvalue weighted by Crippen LogP contribution is -2.28. The maximum absolute atomic E-state index is 9.19. The van der Waals surface area contributed by atoms with Crippen LogP contribution in [0.25, 0.3) is 0 Å². The van der Waals surface area contributed by atoms with Gasteiger partial charge in [0.15, 0.2) is 0 Å². The van der Waals surface area contributed by atoms with E-state index in [1.807, 2.05) is 0 Å². The molecule has 31 heavy (non-hydrogen) atoms. The largest absolute Gasteiger partial charge is 0.496 e. The molecule has 1 aliphatic carbocycles. The van der Waals surface area contributed by atoms with Crippen LogP contribution in [0.2, 0.25) is 0 Å². The number of fused-ring (bicyclic) bond motifs is 2. The molecule has 6 nitrogen and oxygen atoms in total. The summed E-state index contributed by atoms with van der Waals surface area (Å²) in [7, 11) is 0.366. The second kappa shape index (κ2) is 10.7. The van der Waals surface area contributed by atoms with Gasteiger partial charge in [0.2, 0.25) is 0 Å². The van der Waals surface area contributed by atoms with Crippen molar-refractivity contribution in [3.05, 3.63) is 53.1 Å². The van der Waals surface area contributed by atoms with Crippen molar-refractivity contribution in [2.45, 2.75) is 36.5 Å². The Labute approximate surface area is 189 Å². The number of ether oxygens (including phenoxy) is 2. The van der Waals surface area contributed by atoms with Crippen molar-refractivity contribution in [3.63, 3.8) is 0 Å². The highest BCUT2D eigenvalue weighted by Crippen LogP contribution is 2.38. The molecule has 0 radical (unpaired) electrons. The quantitative estimate of drug-likeness (QED) is 0.640. The zero-order valence-corrected chi connectivity index (χ0v) is 20.0. The summed E-state index contributed by atoms with van der Waals surface area (Å²) >= 11 is 1.79. The predicted octanol–water partition coefficient (Wildman–Crippen LogP) is 4.24. The van der Waals surface area contributed by atoms with Crippen LogP contribution < -0.4 is 9.47 Å². The Kier molecular flexibility index (Phi) is 8.27. The minimum atomic E-state index is -3.67. The number of hydrogen-bond acceptors (Lipinski definition) is 6. The number of rotatable bonds is 6. The van der Waals surface area contributed by atoms with Crippen LogP contribution in [0.4, 0.5) is 0 Å². The molecule has 8 heteroatoms. The maximum Gasteiger partial charge on any atom is 0.261 e. The average Bonchev–Trinajstić information content (AvgIpc) is 3.19. The second-order valence-electron chi connectivity index (χ2n) is 8.05. The van der Waals surface area contributed by atoms with E-state index < -0.39 is 10.1 Å². The van der Waals surface area contributed by atoms with Gasteiger partial charge in [-0.2, -0.15) is 8.42 Å². The van der Waals surface area contributed by atoms with Crippen molar-refractivity contribution < 1.29 is 22.4 Å². The second-order valence-corrected chi connectivity index (χ2v) is 10.5. The number of benzene rings is 2. The van der Waals surface area contributed by atoms with Gasteiger partial charge in [-0.25, -0.2) is 0 Å². The molecule has 0 fully saturated rings. The summed E-state index contributed by atoms with van der Waals surface area (Å²) in [4.78, 5) is 3.77. The van der Waals surface area contributed by atoms with Crippen LogP contribution in [-0.4, -0.2) is 57.3 Å². The van der Waals surface area contributed by atoms with E-state index in [-0.39, 0.29) is 0 Å². The summed E-state index contributed by atoms with van der Waals surface area (Å²) in [5, 5.41) is 0. The highest BCUT2D eigenvalue weighted by Gasteiger charge is 2.23. The molecule has 1 atom stereocenters. The highest BCUT2D eigenvalue weighted by atomic mass is 32.2. The maximum atomic E-state index is 9.19. The smallest absolute Gasteiger partial charge is 0.261 e. The minimum Gasteiger partial charge on any atom is -0.496 e. The average molecular weight is 466 g/mol.